The molecule has 8 nitrogen and oxygen atoms in total. The standard InChI is InChI=1S/C25H28Cl2FN4O4/c1-30-24(34)22(13-17-4-8-20(26)21(27)12-17)31-10-11-32(19(14-31)15-36-25(29)35)23(33)9-5-16-2-6-18(28)7-3-16/h2-4,6-9,12,19,22H,5,10-11,13-15H2,1H3,(H2,29,35)(H,30,34). The molecular weight excluding hydrogens is 510 g/mol. The average molecular weight is 538 g/mol. The second-order valence-electron chi connectivity index (χ2n) is 8.43. The molecule has 0 aromatic heterocycles. The molecule has 1 aliphatic rings. The second kappa shape index (κ2) is 12.9. The fourth-order valence-corrected chi connectivity index (χ4v) is 4.48. The number of benzene rings is 2. The number of nitrogens with two attached hydrogens (primary N) is 1. The molecule has 193 valence electrons. The summed E-state index contributed by atoms with van der Waals surface area (Å²) in [6.45, 7) is 0.890. The lowest BCUT2D eigenvalue weighted by Crippen LogP contribution is -2.61. The molecule has 1 saturated heterocycles. The largest absolute Gasteiger partial charge is 0.447 e. The number of halogens is 3. The number of ether oxygens (including phenoxy) is 1. The van der Waals surface area contributed by atoms with E-state index >= 15 is 0 Å². The number of likely N-dealkylation sites (N-methyl/N-ethyl adjacent to an activating group) is 1. The first kappa shape index (κ1) is 27.7. The van der Waals surface area contributed by atoms with E-state index < -0.39 is 18.2 Å². The van der Waals surface area contributed by atoms with Gasteiger partial charge in [0.15, 0.2) is 0 Å². The van der Waals surface area contributed by atoms with Crippen LogP contribution in [-0.4, -0.2) is 73.1 Å². The quantitative estimate of drug-likeness (QED) is 0.511. The van der Waals surface area contributed by atoms with Crippen LogP contribution < -0.4 is 11.1 Å². The van der Waals surface area contributed by atoms with Gasteiger partial charge in [0.2, 0.25) is 11.8 Å². The first-order valence-corrected chi connectivity index (χ1v) is 12.1. The third kappa shape index (κ3) is 7.56. The van der Waals surface area contributed by atoms with Gasteiger partial charge in [0, 0.05) is 26.7 Å². The molecule has 2 atom stereocenters. The van der Waals surface area contributed by atoms with Crippen LogP contribution in [0.25, 0.3) is 0 Å². The Bertz CT molecular complexity index is 1090. The summed E-state index contributed by atoms with van der Waals surface area (Å²) in [7, 11) is 1.56. The number of amides is 3. The lowest BCUT2D eigenvalue weighted by atomic mass is 10.0. The number of rotatable bonds is 9. The van der Waals surface area contributed by atoms with Crippen molar-refractivity contribution in [3.63, 3.8) is 0 Å². The number of primary amides is 1. The summed E-state index contributed by atoms with van der Waals surface area (Å²) in [5.74, 6) is -0.798. The normalized spacial score (nSPS) is 16.9. The highest BCUT2D eigenvalue weighted by Gasteiger charge is 2.36. The summed E-state index contributed by atoms with van der Waals surface area (Å²) in [5.41, 5.74) is 6.78. The van der Waals surface area contributed by atoms with Gasteiger partial charge in [0.25, 0.3) is 0 Å². The summed E-state index contributed by atoms with van der Waals surface area (Å²) in [4.78, 5) is 40.7. The van der Waals surface area contributed by atoms with Crippen molar-refractivity contribution in [3.05, 3.63) is 75.9 Å². The Morgan fingerprint density at radius 2 is 1.83 bits per heavy atom. The van der Waals surface area contributed by atoms with Crippen LogP contribution in [0, 0.1) is 12.2 Å². The van der Waals surface area contributed by atoms with Gasteiger partial charge in [0.1, 0.15) is 12.4 Å². The van der Waals surface area contributed by atoms with Gasteiger partial charge in [-0.1, -0.05) is 41.4 Å². The van der Waals surface area contributed by atoms with Crippen LogP contribution in [0.4, 0.5) is 9.18 Å². The zero-order valence-electron chi connectivity index (χ0n) is 19.8. The van der Waals surface area contributed by atoms with Gasteiger partial charge in [-0.15, -0.1) is 0 Å². The molecule has 0 aliphatic carbocycles. The second-order valence-corrected chi connectivity index (χ2v) is 9.24. The predicted octanol–water partition coefficient (Wildman–Crippen LogP) is 2.84. The molecule has 3 rings (SSSR count). The van der Waals surface area contributed by atoms with Crippen LogP contribution >= 0.6 is 23.2 Å². The van der Waals surface area contributed by atoms with Gasteiger partial charge in [0.05, 0.1) is 28.5 Å². The van der Waals surface area contributed by atoms with Crippen molar-refractivity contribution >= 4 is 41.1 Å². The van der Waals surface area contributed by atoms with Crippen LogP contribution in [0.5, 0.6) is 0 Å². The van der Waals surface area contributed by atoms with Gasteiger partial charge in [-0.05, 0) is 48.2 Å². The number of carbonyl (C=O) groups is 3. The molecule has 3 amide bonds. The number of hydrogen-bond acceptors (Lipinski definition) is 5. The summed E-state index contributed by atoms with van der Waals surface area (Å²) >= 11 is 12.2. The minimum atomic E-state index is -0.950. The third-order valence-corrected chi connectivity index (χ3v) is 6.78. The van der Waals surface area contributed by atoms with Gasteiger partial charge >= 0.3 is 6.09 Å². The Labute approximate surface area is 219 Å². The van der Waals surface area contributed by atoms with Crippen LogP contribution in [0.3, 0.4) is 0 Å². The molecule has 3 N–H and O–H groups in total. The predicted molar refractivity (Wildman–Crippen MR) is 135 cm³/mol. The molecule has 0 spiro atoms. The third-order valence-electron chi connectivity index (χ3n) is 6.04. The molecule has 1 radical (unpaired) electrons. The van der Waals surface area contributed by atoms with Crippen molar-refractivity contribution < 1.29 is 23.5 Å². The minimum absolute atomic E-state index is 0.116. The Hall–Kier alpha value is -2.88. The first-order chi connectivity index (χ1) is 17.2. The highest BCUT2D eigenvalue weighted by Crippen LogP contribution is 2.25. The first-order valence-electron chi connectivity index (χ1n) is 11.4. The number of hydrogen-bond donors (Lipinski definition) is 2. The topological polar surface area (TPSA) is 105 Å². The molecule has 1 heterocycles. The lowest BCUT2D eigenvalue weighted by Gasteiger charge is -2.43. The van der Waals surface area contributed by atoms with Gasteiger partial charge in [-0.3, -0.25) is 14.5 Å². The molecule has 2 unspecified atom stereocenters. The molecule has 0 saturated carbocycles. The van der Waals surface area contributed by atoms with E-state index in [1.807, 2.05) is 11.0 Å². The highest BCUT2D eigenvalue weighted by atomic mass is 35.5. The van der Waals surface area contributed by atoms with E-state index in [0.29, 0.717) is 36.0 Å². The molecule has 1 fully saturated rings. The fourth-order valence-electron chi connectivity index (χ4n) is 4.16. The fraction of sp³-hybridized carbons (Fsp3) is 0.360. The van der Waals surface area contributed by atoms with E-state index in [0.717, 1.165) is 11.1 Å². The molecule has 2 aromatic rings. The average Bonchev–Trinajstić information content (AvgIpc) is 2.87. The molecule has 36 heavy (non-hydrogen) atoms. The van der Waals surface area contributed by atoms with Gasteiger partial charge in [-0.25, -0.2) is 9.18 Å². The molecule has 11 heteroatoms. The van der Waals surface area contributed by atoms with Crippen molar-refractivity contribution in [2.24, 2.45) is 5.73 Å². The van der Waals surface area contributed by atoms with Crippen LogP contribution in [0.15, 0.2) is 42.5 Å². The van der Waals surface area contributed by atoms with E-state index in [4.69, 9.17) is 33.7 Å². The van der Waals surface area contributed by atoms with Crippen molar-refractivity contribution in [3.8, 4) is 0 Å². The maximum absolute atomic E-state index is 13.2. The van der Waals surface area contributed by atoms with Crippen LogP contribution in [-0.2, 0) is 27.2 Å². The van der Waals surface area contributed by atoms with Crippen molar-refractivity contribution in [2.75, 3.05) is 33.3 Å². The maximum Gasteiger partial charge on any atom is 0.404 e. The van der Waals surface area contributed by atoms with E-state index in [2.05, 4.69) is 5.32 Å². The Morgan fingerprint density at radius 3 is 2.47 bits per heavy atom. The summed E-state index contributed by atoms with van der Waals surface area (Å²) < 4.78 is 18.2. The zero-order chi connectivity index (χ0) is 26.2. The highest BCUT2D eigenvalue weighted by molar-refractivity contribution is 6.42. The zero-order valence-corrected chi connectivity index (χ0v) is 21.3. The summed E-state index contributed by atoms with van der Waals surface area (Å²) in [6.07, 6.45) is 1.24. The van der Waals surface area contributed by atoms with E-state index in [9.17, 15) is 18.8 Å². The molecule has 0 bridgehead atoms. The van der Waals surface area contributed by atoms with Gasteiger partial charge < -0.3 is 20.7 Å². The Balaban J connectivity index is 1.73. The van der Waals surface area contributed by atoms with Crippen molar-refractivity contribution in [1.82, 2.24) is 15.1 Å². The van der Waals surface area contributed by atoms with E-state index in [1.54, 1.807) is 36.2 Å². The van der Waals surface area contributed by atoms with E-state index in [1.165, 1.54) is 18.6 Å². The number of nitrogens with zero attached hydrogens (tertiary/aromatic N) is 2. The summed E-state index contributed by atoms with van der Waals surface area (Å²) in [5, 5.41) is 3.51. The maximum atomic E-state index is 13.2. The SMILES string of the molecule is CNC(=O)C(Cc1ccc(Cl)c(Cl)c1)N1CCN(C(=O)[CH]Cc2ccc(F)cc2)C(COC(N)=O)C1. The lowest BCUT2D eigenvalue weighted by molar-refractivity contribution is -0.136. The molecule has 2 aromatic carbocycles. The van der Waals surface area contributed by atoms with E-state index in [-0.39, 0.29) is 30.8 Å². The number of piperazine rings is 1. The van der Waals surface area contributed by atoms with Crippen molar-refractivity contribution in [2.45, 2.75) is 24.9 Å². The minimum Gasteiger partial charge on any atom is -0.447 e. The van der Waals surface area contributed by atoms with Crippen LogP contribution in [0.1, 0.15) is 11.1 Å². The Kier molecular flexibility index (Phi) is 9.92. The smallest absolute Gasteiger partial charge is 0.404 e. The monoisotopic (exact) mass is 537 g/mol. The molecular formula is C25H28Cl2FN4O4. The molecule has 1 aliphatic heterocycles. The van der Waals surface area contributed by atoms with Crippen LogP contribution in [0.2, 0.25) is 10.0 Å². The Morgan fingerprint density at radius 1 is 1.14 bits per heavy atom. The number of nitrogens with one attached hydrogen (secondary N) is 1. The van der Waals surface area contributed by atoms with Crippen molar-refractivity contribution in [1.29, 1.82) is 0 Å². The summed E-state index contributed by atoms with van der Waals surface area (Å²) in [6, 6.07) is 10.0. The van der Waals surface area contributed by atoms with Gasteiger partial charge in [-0.2, -0.15) is 0 Å². The number of carbonyl (C=O) groups excluding carboxylic acids is 3.